The number of nitrogens with one attached hydrogen (secondary N) is 3. The molecule has 0 aromatic rings. The van der Waals surface area contributed by atoms with E-state index >= 15 is 0 Å². The van der Waals surface area contributed by atoms with Crippen LogP contribution < -0.4 is 16.0 Å². The van der Waals surface area contributed by atoms with Gasteiger partial charge in [0.05, 0.1) is 18.2 Å². The van der Waals surface area contributed by atoms with Crippen molar-refractivity contribution in [2.24, 2.45) is 0 Å². The Balaban J connectivity index is 3.16. The first-order chi connectivity index (χ1) is 11.5. The first-order valence-corrected chi connectivity index (χ1v) is 7.64. The van der Waals surface area contributed by atoms with Crippen molar-refractivity contribution in [2.75, 3.05) is 6.61 Å². The molecule has 140 valence electrons. The number of esters is 1. The number of urea groups is 1. The molecule has 25 heavy (non-hydrogen) atoms. The third-order valence-corrected chi connectivity index (χ3v) is 3.07. The topological polar surface area (TPSA) is 143 Å². The largest absolute Gasteiger partial charge is 0.480 e. The van der Waals surface area contributed by atoms with Crippen LogP contribution in [0.2, 0.25) is 0 Å². The van der Waals surface area contributed by atoms with Gasteiger partial charge in [0.1, 0.15) is 5.60 Å². The zero-order valence-electron chi connectivity index (χ0n) is 14.8. The van der Waals surface area contributed by atoms with Crippen LogP contribution in [0.5, 0.6) is 0 Å². The fourth-order valence-corrected chi connectivity index (χ4v) is 2.18. The van der Waals surface area contributed by atoms with E-state index in [1.54, 1.807) is 27.7 Å². The summed E-state index contributed by atoms with van der Waals surface area (Å²) in [5.41, 5.74) is -0.797. The lowest BCUT2D eigenvalue weighted by molar-refractivity contribution is -0.141. The number of carboxylic acids is 1. The highest BCUT2D eigenvalue weighted by Crippen LogP contribution is 2.18. The van der Waals surface area contributed by atoms with Gasteiger partial charge >= 0.3 is 24.1 Å². The van der Waals surface area contributed by atoms with E-state index in [-0.39, 0.29) is 17.9 Å². The molecule has 0 unspecified atom stereocenters. The number of allylic oxidation sites excluding steroid dienone is 1. The molecule has 10 heteroatoms. The highest BCUT2D eigenvalue weighted by Gasteiger charge is 2.41. The molecule has 1 aliphatic heterocycles. The van der Waals surface area contributed by atoms with Gasteiger partial charge in [-0.2, -0.15) is 0 Å². The number of rotatable bonds is 5. The van der Waals surface area contributed by atoms with Crippen LogP contribution >= 0.6 is 0 Å². The molecular weight excluding hydrogens is 334 g/mol. The Hall–Kier alpha value is -2.78. The number of hydrogen-bond donors (Lipinski definition) is 4. The van der Waals surface area contributed by atoms with Gasteiger partial charge in [0.15, 0.2) is 6.04 Å². The van der Waals surface area contributed by atoms with Gasteiger partial charge in [-0.05, 0) is 34.6 Å². The summed E-state index contributed by atoms with van der Waals surface area (Å²) in [4.78, 5) is 47.4. The van der Waals surface area contributed by atoms with E-state index in [2.05, 4.69) is 16.0 Å². The summed E-state index contributed by atoms with van der Waals surface area (Å²) in [6.45, 7) is 7.93. The van der Waals surface area contributed by atoms with Crippen LogP contribution in [0, 0.1) is 0 Å². The minimum Gasteiger partial charge on any atom is -0.480 e. The van der Waals surface area contributed by atoms with Crippen LogP contribution in [-0.4, -0.2) is 53.5 Å². The van der Waals surface area contributed by atoms with Crippen molar-refractivity contribution in [3.63, 3.8) is 0 Å². The van der Waals surface area contributed by atoms with E-state index in [0.717, 1.165) is 0 Å². The summed E-state index contributed by atoms with van der Waals surface area (Å²) in [5, 5.41) is 16.3. The fraction of sp³-hybridized carbons (Fsp3) is 0.600. The normalized spacial score (nSPS) is 18.6. The summed E-state index contributed by atoms with van der Waals surface area (Å²) < 4.78 is 9.94. The van der Waals surface area contributed by atoms with E-state index in [0.29, 0.717) is 0 Å². The van der Waals surface area contributed by atoms with Crippen LogP contribution in [0.3, 0.4) is 0 Å². The van der Waals surface area contributed by atoms with E-state index in [9.17, 15) is 24.3 Å². The molecule has 4 N–H and O–H groups in total. The second-order valence-electron chi connectivity index (χ2n) is 6.30. The van der Waals surface area contributed by atoms with E-state index in [1.165, 1.54) is 6.92 Å². The number of hydrogen-bond acceptors (Lipinski definition) is 6. The lowest BCUT2D eigenvalue weighted by atomic mass is 9.96. The van der Waals surface area contributed by atoms with Crippen LogP contribution in [-0.2, 0) is 19.1 Å². The molecule has 0 radical (unpaired) electrons. The molecule has 0 spiro atoms. The molecule has 0 aromatic heterocycles. The van der Waals surface area contributed by atoms with Gasteiger partial charge in [-0.25, -0.2) is 19.2 Å². The highest BCUT2D eigenvalue weighted by atomic mass is 16.6. The molecule has 0 saturated carbocycles. The Morgan fingerprint density at radius 1 is 1.32 bits per heavy atom. The number of carbonyl (C=O) groups excluding carboxylic acids is 3. The number of carbonyl (C=O) groups is 4. The van der Waals surface area contributed by atoms with Gasteiger partial charge < -0.3 is 30.5 Å². The lowest BCUT2D eigenvalue weighted by Gasteiger charge is -2.32. The molecule has 10 nitrogen and oxygen atoms in total. The lowest BCUT2D eigenvalue weighted by Crippen LogP contribution is -2.62. The van der Waals surface area contributed by atoms with Crippen LogP contribution in [0.1, 0.15) is 34.6 Å². The van der Waals surface area contributed by atoms with Crippen molar-refractivity contribution in [3.8, 4) is 0 Å². The Bertz CT molecular complexity index is 607. The molecule has 3 amide bonds. The number of alkyl carbamates (subject to hydrolysis) is 1. The molecule has 1 aliphatic rings. The predicted molar refractivity (Wildman–Crippen MR) is 85.6 cm³/mol. The summed E-state index contributed by atoms with van der Waals surface area (Å²) >= 11 is 0. The Morgan fingerprint density at radius 2 is 1.92 bits per heavy atom. The van der Waals surface area contributed by atoms with Crippen molar-refractivity contribution in [2.45, 2.75) is 52.3 Å². The molecule has 0 bridgehead atoms. The molecule has 0 aromatic carbocycles. The van der Waals surface area contributed by atoms with Crippen molar-refractivity contribution >= 4 is 24.1 Å². The third kappa shape index (κ3) is 5.66. The van der Waals surface area contributed by atoms with Gasteiger partial charge in [0, 0.05) is 5.70 Å². The minimum atomic E-state index is -1.63. The zero-order valence-corrected chi connectivity index (χ0v) is 14.8. The SMILES string of the molecule is CCOC(=O)C1=C(C)NC(=O)N[C@H]1[C@H](NC(=O)OC(C)(C)C)C(=O)O. The van der Waals surface area contributed by atoms with Crippen LogP contribution in [0.4, 0.5) is 9.59 Å². The molecule has 2 atom stereocenters. The molecule has 1 rings (SSSR count). The van der Waals surface area contributed by atoms with Gasteiger partial charge in [-0.1, -0.05) is 0 Å². The van der Waals surface area contributed by atoms with Crippen molar-refractivity contribution in [3.05, 3.63) is 11.3 Å². The van der Waals surface area contributed by atoms with E-state index in [1.807, 2.05) is 0 Å². The predicted octanol–water partition coefficient (Wildman–Crippen LogP) is 0.483. The second kappa shape index (κ2) is 7.86. The molecule has 0 saturated heterocycles. The van der Waals surface area contributed by atoms with Gasteiger partial charge in [0.2, 0.25) is 0 Å². The maximum Gasteiger partial charge on any atom is 0.408 e. The second-order valence-corrected chi connectivity index (χ2v) is 6.30. The van der Waals surface area contributed by atoms with Crippen molar-refractivity contribution in [1.82, 2.24) is 16.0 Å². The monoisotopic (exact) mass is 357 g/mol. The zero-order chi connectivity index (χ0) is 19.4. The quantitative estimate of drug-likeness (QED) is 0.524. The van der Waals surface area contributed by atoms with Gasteiger partial charge in [-0.3, -0.25) is 0 Å². The minimum absolute atomic E-state index is 0.0630. The van der Waals surface area contributed by atoms with E-state index in [4.69, 9.17) is 9.47 Å². The molecule has 0 fully saturated rings. The van der Waals surface area contributed by atoms with Gasteiger partial charge in [-0.15, -0.1) is 0 Å². The van der Waals surface area contributed by atoms with Crippen LogP contribution in [0.15, 0.2) is 11.3 Å². The summed E-state index contributed by atoms with van der Waals surface area (Å²) in [7, 11) is 0. The summed E-state index contributed by atoms with van der Waals surface area (Å²) in [6.07, 6.45) is -0.992. The third-order valence-electron chi connectivity index (χ3n) is 3.07. The number of carboxylic acid groups (broad SMARTS) is 1. The Labute approximate surface area is 144 Å². The van der Waals surface area contributed by atoms with Crippen molar-refractivity contribution < 1.29 is 33.8 Å². The maximum atomic E-state index is 12.2. The fourth-order valence-electron chi connectivity index (χ4n) is 2.18. The van der Waals surface area contributed by atoms with E-state index < -0.39 is 41.7 Å². The van der Waals surface area contributed by atoms with Gasteiger partial charge in [0.25, 0.3) is 0 Å². The highest BCUT2D eigenvalue weighted by molar-refractivity contribution is 5.97. The first kappa shape index (κ1) is 20.3. The Kier molecular flexibility index (Phi) is 6.37. The molecule has 1 heterocycles. The number of amides is 3. The molecular formula is C15H23N3O7. The average molecular weight is 357 g/mol. The van der Waals surface area contributed by atoms with Crippen LogP contribution in [0.25, 0.3) is 0 Å². The van der Waals surface area contributed by atoms with Crippen molar-refractivity contribution in [1.29, 1.82) is 0 Å². The number of ether oxygens (including phenoxy) is 2. The maximum absolute atomic E-state index is 12.2. The summed E-state index contributed by atoms with van der Waals surface area (Å²) in [5.74, 6) is -2.25. The number of aliphatic carboxylic acids is 1. The average Bonchev–Trinajstić information content (AvgIpc) is 2.41. The standard InChI is InChI=1S/C15H23N3O7/c1-6-24-12(21)8-7(2)16-13(22)17-9(8)10(11(19)20)18-14(23)25-15(3,4)5/h9-10H,6H2,1-5H3,(H,18,23)(H,19,20)(H2,16,17,22)/t9-,10+/m1/s1. The molecule has 0 aliphatic carbocycles. The Morgan fingerprint density at radius 3 is 2.40 bits per heavy atom. The summed E-state index contributed by atoms with van der Waals surface area (Å²) in [6, 6.07) is -3.65. The first-order valence-electron chi connectivity index (χ1n) is 7.64. The smallest absolute Gasteiger partial charge is 0.408 e.